The van der Waals surface area contributed by atoms with Crippen molar-refractivity contribution in [1.29, 1.82) is 0 Å². The number of nitrogens with zero attached hydrogens (tertiary/aromatic N) is 2. The molecule has 9 heteroatoms. The summed E-state index contributed by atoms with van der Waals surface area (Å²) >= 11 is 5.78. The van der Waals surface area contributed by atoms with E-state index in [9.17, 15) is 14.4 Å². The van der Waals surface area contributed by atoms with E-state index in [2.05, 4.69) is 5.32 Å². The molecule has 0 saturated carbocycles. The highest BCUT2D eigenvalue weighted by atomic mass is 35.5. The Morgan fingerprint density at radius 2 is 2.00 bits per heavy atom. The summed E-state index contributed by atoms with van der Waals surface area (Å²) in [5, 5.41) is 12.1. The van der Waals surface area contributed by atoms with Gasteiger partial charge in [-0.15, -0.1) is 0 Å². The highest BCUT2D eigenvalue weighted by Gasteiger charge is 2.44. The van der Waals surface area contributed by atoms with Gasteiger partial charge >= 0.3 is 6.09 Å². The molecule has 2 aliphatic heterocycles. The summed E-state index contributed by atoms with van der Waals surface area (Å²) in [5.41, 5.74) is 0. The number of fused-ring (bicyclic) bond motifs is 1. The molecular formula is C15H16ClN3O5. The lowest BCUT2D eigenvalue weighted by Gasteiger charge is -2.44. The molecule has 2 saturated heterocycles. The van der Waals surface area contributed by atoms with E-state index < -0.39 is 30.7 Å². The standard InChI is InChI=1S/C15H16ClN3O5/c16-9-1-3-10(4-2-9)24-15(23)18-5-6-19-12(7-18)13(21)17-11(8-20)14(19)22/h1-4,11-12,20H,5-8H2,(H,17,21)/t11-,12-/m1/s1. The van der Waals surface area contributed by atoms with E-state index in [0.717, 1.165) is 0 Å². The maximum atomic E-state index is 12.2. The summed E-state index contributed by atoms with van der Waals surface area (Å²) in [6.45, 7) is 0.0570. The first-order valence-electron chi connectivity index (χ1n) is 7.43. The van der Waals surface area contributed by atoms with Crippen LogP contribution in [-0.4, -0.2) is 71.1 Å². The van der Waals surface area contributed by atoms with Gasteiger partial charge in [0, 0.05) is 18.1 Å². The lowest BCUT2D eigenvalue weighted by molar-refractivity contribution is -0.153. The average Bonchev–Trinajstić information content (AvgIpc) is 2.59. The van der Waals surface area contributed by atoms with Crippen LogP contribution in [0.5, 0.6) is 5.75 Å². The summed E-state index contributed by atoms with van der Waals surface area (Å²) in [7, 11) is 0. The first-order chi connectivity index (χ1) is 11.5. The molecule has 0 spiro atoms. The summed E-state index contributed by atoms with van der Waals surface area (Å²) in [6, 6.07) is 4.65. The summed E-state index contributed by atoms with van der Waals surface area (Å²) in [4.78, 5) is 39.2. The van der Waals surface area contributed by atoms with Crippen LogP contribution in [0.15, 0.2) is 24.3 Å². The molecule has 24 heavy (non-hydrogen) atoms. The molecular weight excluding hydrogens is 338 g/mol. The molecule has 128 valence electrons. The van der Waals surface area contributed by atoms with Crippen molar-refractivity contribution in [3.63, 3.8) is 0 Å². The van der Waals surface area contributed by atoms with Gasteiger partial charge in [-0.2, -0.15) is 0 Å². The van der Waals surface area contributed by atoms with Crippen LogP contribution < -0.4 is 10.1 Å². The zero-order valence-electron chi connectivity index (χ0n) is 12.6. The fourth-order valence-corrected chi connectivity index (χ4v) is 2.88. The second-order valence-electron chi connectivity index (χ2n) is 5.56. The predicted octanol–water partition coefficient (Wildman–Crippen LogP) is -0.158. The number of piperazine rings is 2. The van der Waals surface area contributed by atoms with E-state index in [4.69, 9.17) is 21.4 Å². The topological polar surface area (TPSA) is 99.2 Å². The molecule has 0 aliphatic carbocycles. The predicted molar refractivity (Wildman–Crippen MR) is 83.6 cm³/mol. The second-order valence-corrected chi connectivity index (χ2v) is 6.00. The molecule has 2 fully saturated rings. The molecule has 2 aliphatic rings. The van der Waals surface area contributed by atoms with Crippen molar-refractivity contribution in [3.8, 4) is 5.75 Å². The van der Waals surface area contributed by atoms with Gasteiger partial charge in [0.05, 0.1) is 13.2 Å². The normalized spacial score (nSPS) is 23.6. The monoisotopic (exact) mass is 353 g/mol. The quantitative estimate of drug-likeness (QED) is 0.770. The van der Waals surface area contributed by atoms with Gasteiger partial charge in [-0.05, 0) is 24.3 Å². The van der Waals surface area contributed by atoms with E-state index in [1.165, 1.54) is 9.80 Å². The molecule has 3 rings (SSSR count). The number of nitrogens with one attached hydrogen (secondary N) is 1. The van der Waals surface area contributed by atoms with Crippen molar-refractivity contribution >= 4 is 29.5 Å². The first kappa shape index (κ1) is 16.5. The Morgan fingerprint density at radius 1 is 1.29 bits per heavy atom. The maximum absolute atomic E-state index is 12.2. The zero-order chi connectivity index (χ0) is 17.3. The Bertz CT molecular complexity index is 666. The number of ether oxygens (including phenoxy) is 1. The molecule has 1 aromatic carbocycles. The number of benzene rings is 1. The van der Waals surface area contributed by atoms with Crippen LogP contribution in [0.2, 0.25) is 5.02 Å². The molecule has 1 aromatic rings. The van der Waals surface area contributed by atoms with Crippen molar-refractivity contribution in [2.24, 2.45) is 0 Å². The largest absolute Gasteiger partial charge is 0.415 e. The number of amides is 3. The fraction of sp³-hybridized carbons (Fsp3) is 0.400. The smallest absolute Gasteiger partial charge is 0.410 e. The van der Waals surface area contributed by atoms with Crippen molar-refractivity contribution in [2.45, 2.75) is 12.1 Å². The highest BCUT2D eigenvalue weighted by molar-refractivity contribution is 6.30. The third-order valence-corrected chi connectivity index (χ3v) is 4.29. The first-order valence-corrected chi connectivity index (χ1v) is 7.81. The third-order valence-electron chi connectivity index (χ3n) is 4.04. The van der Waals surface area contributed by atoms with Crippen LogP contribution in [0, 0.1) is 0 Å². The Hall–Kier alpha value is -2.32. The summed E-state index contributed by atoms with van der Waals surface area (Å²) < 4.78 is 5.25. The minimum atomic E-state index is -0.915. The second kappa shape index (κ2) is 6.66. The molecule has 2 heterocycles. The average molecular weight is 354 g/mol. The number of carbonyl (C=O) groups is 3. The molecule has 8 nitrogen and oxygen atoms in total. The van der Waals surface area contributed by atoms with Crippen LogP contribution in [-0.2, 0) is 9.59 Å². The van der Waals surface area contributed by atoms with Crippen LogP contribution >= 0.6 is 11.6 Å². The van der Waals surface area contributed by atoms with Gasteiger partial charge in [0.25, 0.3) is 0 Å². The number of carbonyl (C=O) groups excluding carboxylic acids is 3. The van der Waals surface area contributed by atoms with E-state index >= 15 is 0 Å². The van der Waals surface area contributed by atoms with Gasteiger partial charge in [-0.1, -0.05) is 11.6 Å². The van der Waals surface area contributed by atoms with Gasteiger partial charge in [0.15, 0.2) is 0 Å². The SMILES string of the molecule is O=C1N[C@H](CO)C(=O)N2CCN(C(=O)Oc3ccc(Cl)cc3)C[C@H]12. The minimum Gasteiger partial charge on any atom is -0.410 e. The Labute approximate surface area is 142 Å². The summed E-state index contributed by atoms with van der Waals surface area (Å²) in [6.07, 6.45) is -0.596. The molecule has 3 amide bonds. The molecule has 0 bridgehead atoms. The van der Waals surface area contributed by atoms with Crippen LogP contribution in [0.25, 0.3) is 0 Å². The fourth-order valence-electron chi connectivity index (χ4n) is 2.76. The molecule has 2 N–H and O–H groups in total. The van der Waals surface area contributed by atoms with Gasteiger partial charge in [-0.3, -0.25) is 9.59 Å². The van der Waals surface area contributed by atoms with Gasteiger partial charge in [0.1, 0.15) is 17.8 Å². The van der Waals surface area contributed by atoms with Crippen LogP contribution in [0.3, 0.4) is 0 Å². The van der Waals surface area contributed by atoms with Gasteiger partial charge in [-0.25, -0.2) is 4.79 Å². The van der Waals surface area contributed by atoms with Crippen molar-refractivity contribution in [1.82, 2.24) is 15.1 Å². The molecule has 0 radical (unpaired) electrons. The highest BCUT2D eigenvalue weighted by Crippen LogP contribution is 2.19. The van der Waals surface area contributed by atoms with Gasteiger partial charge in [0.2, 0.25) is 11.8 Å². The van der Waals surface area contributed by atoms with E-state index in [0.29, 0.717) is 10.8 Å². The number of aliphatic hydroxyl groups excluding tert-OH is 1. The Balaban J connectivity index is 1.66. The Kier molecular flexibility index (Phi) is 4.59. The number of hydrogen-bond acceptors (Lipinski definition) is 5. The number of hydrogen-bond donors (Lipinski definition) is 2. The molecule has 0 unspecified atom stereocenters. The zero-order valence-corrected chi connectivity index (χ0v) is 13.4. The third kappa shape index (κ3) is 3.15. The molecule has 2 atom stereocenters. The number of aliphatic hydroxyl groups is 1. The summed E-state index contributed by atoms with van der Waals surface area (Å²) in [5.74, 6) is -0.387. The van der Waals surface area contributed by atoms with Crippen molar-refractivity contribution < 1.29 is 24.2 Å². The lowest BCUT2D eigenvalue weighted by Crippen LogP contribution is -2.70. The Morgan fingerprint density at radius 3 is 2.67 bits per heavy atom. The number of halogens is 1. The van der Waals surface area contributed by atoms with Crippen LogP contribution in [0.4, 0.5) is 4.79 Å². The van der Waals surface area contributed by atoms with E-state index in [1.54, 1.807) is 24.3 Å². The van der Waals surface area contributed by atoms with Crippen LogP contribution in [0.1, 0.15) is 0 Å². The van der Waals surface area contributed by atoms with Crippen molar-refractivity contribution in [3.05, 3.63) is 29.3 Å². The van der Waals surface area contributed by atoms with E-state index in [1.807, 2.05) is 0 Å². The van der Waals surface area contributed by atoms with E-state index in [-0.39, 0.29) is 25.5 Å². The minimum absolute atomic E-state index is 0.0438. The van der Waals surface area contributed by atoms with Gasteiger partial charge < -0.3 is 25.0 Å². The maximum Gasteiger partial charge on any atom is 0.415 e. The number of rotatable bonds is 2. The lowest BCUT2D eigenvalue weighted by atomic mass is 10.0. The van der Waals surface area contributed by atoms with Crippen molar-refractivity contribution in [2.75, 3.05) is 26.2 Å². The molecule has 0 aromatic heterocycles.